The lowest BCUT2D eigenvalue weighted by molar-refractivity contribution is -1.00. The number of hydrogen-bond acceptors (Lipinski definition) is 3. The van der Waals surface area contributed by atoms with Crippen LogP contribution in [0.2, 0.25) is 5.02 Å². The summed E-state index contributed by atoms with van der Waals surface area (Å²) >= 11 is 6.03. The number of benzene rings is 2. The van der Waals surface area contributed by atoms with Crippen LogP contribution in [-0.2, 0) is 6.42 Å². The van der Waals surface area contributed by atoms with Crippen molar-refractivity contribution >= 4 is 17.3 Å². The number of ether oxygens (including phenoxy) is 3. The van der Waals surface area contributed by atoms with Crippen molar-refractivity contribution in [2.45, 2.75) is 19.4 Å². The fourth-order valence-corrected chi connectivity index (χ4v) is 4.26. The van der Waals surface area contributed by atoms with Crippen molar-refractivity contribution < 1.29 is 24.0 Å². The highest BCUT2D eigenvalue weighted by Gasteiger charge is 2.31. The average Bonchev–Trinajstić information content (AvgIpc) is 2.72. The summed E-state index contributed by atoms with van der Waals surface area (Å²) in [6.07, 6.45) is 0.981. The van der Waals surface area contributed by atoms with Gasteiger partial charge in [0.1, 0.15) is 31.4 Å². The summed E-state index contributed by atoms with van der Waals surface area (Å²) in [6.45, 7) is 6.88. The molecule has 6 heteroatoms. The van der Waals surface area contributed by atoms with E-state index in [4.69, 9.17) is 25.8 Å². The molecular formula is C22H31ClN2O3+2. The molecule has 1 aliphatic heterocycles. The van der Waals surface area contributed by atoms with E-state index in [1.807, 2.05) is 12.1 Å². The van der Waals surface area contributed by atoms with E-state index in [1.165, 1.54) is 11.3 Å². The summed E-state index contributed by atoms with van der Waals surface area (Å²) in [5.74, 6) is 2.09. The van der Waals surface area contributed by atoms with Crippen molar-refractivity contribution in [1.29, 1.82) is 0 Å². The van der Waals surface area contributed by atoms with Crippen LogP contribution in [0.25, 0.3) is 0 Å². The van der Waals surface area contributed by atoms with E-state index in [9.17, 15) is 0 Å². The Morgan fingerprint density at radius 3 is 2.14 bits per heavy atom. The van der Waals surface area contributed by atoms with Crippen LogP contribution in [-0.4, -0.2) is 53.6 Å². The fraction of sp³-hybridized carbons (Fsp3) is 0.455. The summed E-state index contributed by atoms with van der Waals surface area (Å²) in [6, 6.07) is 13.0. The van der Waals surface area contributed by atoms with Gasteiger partial charge in [0.2, 0.25) is 5.75 Å². The minimum Gasteiger partial charge on any atom is -0.493 e. The molecule has 3 unspecified atom stereocenters. The number of piperazine rings is 1. The zero-order chi connectivity index (χ0) is 20.1. The Hall–Kier alpha value is -1.95. The molecule has 1 saturated heterocycles. The number of methoxy groups -OCH3 is 3. The molecule has 0 saturated carbocycles. The van der Waals surface area contributed by atoms with Gasteiger partial charge in [-0.3, -0.25) is 4.90 Å². The molecule has 1 heterocycles. The monoisotopic (exact) mass is 406 g/mol. The lowest BCUT2D eigenvalue weighted by Gasteiger charge is -2.34. The Morgan fingerprint density at radius 1 is 0.964 bits per heavy atom. The summed E-state index contributed by atoms with van der Waals surface area (Å²) in [5, 5.41) is 0.797. The van der Waals surface area contributed by atoms with Gasteiger partial charge < -0.3 is 19.1 Å². The number of halogens is 1. The van der Waals surface area contributed by atoms with Crippen LogP contribution in [0, 0.1) is 0 Å². The highest BCUT2D eigenvalue weighted by atomic mass is 35.5. The predicted molar refractivity (Wildman–Crippen MR) is 112 cm³/mol. The summed E-state index contributed by atoms with van der Waals surface area (Å²) in [5.41, 5.74) is 2.54. The molecule has 5 nitrogen and oxygen atoms in total. The lowest BCUT2D eigenvalue weighted by Crippen LogP contribution is -3.28. The molecule has 1 fully saturated rings. The molecule has 28 heavy (non-hydrogen) atoms. The van der Waals surface area contributed by atoms with Gasteiger partial charge in [-0.25, -0.2) is 0 Å². The Bertz CT molecular complexity index is 757. The second kappa shape index (κ2) is 9.50. The van der Waals surface area contributed by atoms with Crippen molar-refractivity contribution in [2.75, 3.05) is 47.5 Å². The number of hydrogen-bond donors (Lipinski definition) is 2. The van der Waals surface area contributed by atoms with E-state index in [0.29, 0.717) is 11.8 Å². The van der Waals surface area contributed by atoms with Gasteiger partial charge >= 0.3 is 0 Å². The molecule has 0 radical (unpaired) electrons. The molecule has 0 spiro atoms. The highest BCUT2D eigenvalue weighted by Crippen LogP contribution is 2.38. The van der Waals surface area contributed by atoms with Gasteiger partial charge in [0.25, 0.3) is 0 Å². The second-order valence-corrected chi connectivity index (χ2v) is 7.86. The summed E-state index contributed by atoms with van der Waals surface area (Å²) in [4.78, 5) is 3.19. The molecule has 3 atom stereocenters. The Balaban J connectivity index is 1.61. The van der Waals surface area contributed by atoms with E-state index in [2.05, 4.69) is 31.2 Å². The number of rotatable bonds is 7. The molecule has 0 bridgehead atoms. The van der Waals surface area contributed by atoms with E-state index in [0.717, 1.165) is 49.1 Å². The second-order valence-electron chi connectivity index (χ2n) is 7.42. The average molecular weight is 407 g/mol. The smallest absolute Gasteiger partial charge is 0.203 e. The normalized spacial score (nSPS) is 22.0. The molecule has 0 aliphatic carbocycles. The van der Waals surface area contributed by atoms with Gasteiger partial charge in [0.05, 0.1) is 27.9 Å². The molecule has 2 aromatic carbocycles. The number of nitrogens with one attached hydrogen (secondary N) is 2. The first kappa shape index (κ1) is 20.8. The van der Waals surface area contributed by atoms with Gasteiger partial charge in [-0.1, -0.05) is 11.6 Å². The van der Waals surface area contributed by atoms with Gasteiger partial charge in [0.15, 0.2) is 11.5 Å². The van der Waals surface area contributed by atoms with Crippen LogP contribution in [0.5, 0.6) is 17.2 Å². The van der Waals surface area contributed by atoms with Gasteiger partial charge in [-0.15, -0.1) is 0 Å². The fourth-order valence-electron chi connectivity index (χ4n) is 4.14. The van der Waals surface area contributed by atoms with Crippen molar-refractivity contribution in [2.24, 2.45) is 0 Å². The topological polar surface area (TPSA) is 36.6 Å². The SMILES string of the molecule is COc1cc(CC[NH+]2CC[NH+](c3ccc(Cl)cc3)C(C)C2)cc(OC)c1OC. The third-order valence-corrected chi connectivity index (χ3v) is 5.90. The van der Waals surface area contributed by atoms with Crippen LogP contribution in [0.4, 0.5) is 5.69 Å². The van der Waals surface area contributed by atoms with E-state index in [-0.39, 0.29) is 0 Å². The third-order valence-electron chi connectivity index (χ3n) is 5.64. The summed E-state index contributed by atoms with van der Waals surface area (Å²) in [7, 11) is 4.95. The maximum atomic E-state index is 6.03. The van der Waals surface area contributed by atoms with Crippen LogP contribution in [0.3, 0.4) is 0 Å². The highest BCUT2D eigenvalue weighted by molar-refractivity contribution is 6.30. The largest absolute Gasteiger partial charge is 0.493 e. The van der Waals surface area contributed by atoms with Gasteiger partial charge in [-0.05, 0) is 36.8 Å². The van der Waals surface area contributed by atoms with Crippen molar-refractivity contribution in [3.8, 4) is 17.2 Å². The van der Waals surface area contributed by atoms with E-state index in [1.54, 1.807) is 31.1 Å². The minimum atomic E-state index is 0.574. The maximum Gasteiger partial charge on any atom is 0.203 e. The zero-order valence-corrected chi connectivity index (χ0v) is 17.9. The van der Waals surface area contributed by atoms with Crippen LogP contribution in [0.1, 0.15) is 12.5 Å². The van der Waals surface area contributed by atoms with Crippen molar-refractivity contribution in [3.05, 3.63) is 47.0 Å². The first-order chi connectivity index (χ1) is 13.5. The van der Waals surface area contributed by atoms with Crippen molar-refractivity contribution in [3.63, 3.8) is 0 Å². The molecule has 152 valence electrons. The van der Waals surface area contributed by atoms with Crippen LogP contribution >= 0.6 is 11.6 Å². The van der Waals surface area contributed by atoms with Crippen molar-refractivity contribution in [1.82, 2.24) is 0 Å². The Kier molecular flexibility index (Phi) is 7.05. The molecule has 1 aliphatic rings. The maximum absolute atomic E-state index is 6.03. The van der Waals surface area contributed by atoms with E-state index >= 15 is 0 Å². The molecule has 2 aromatic rings. The predicted octanol–water partition coefficient (Wildman–Crippen LogP) is 1.41. The first-order valence-corrected chi connectivity index (χ1v) is 10.2. The standard InChI is InChI=1S/C22H29ClN2O3/c1-16-15-24(11-12-25(16)19-7-5-18(23)6-8-19)10-9-17-13-20(26-2)22(28-4)21(14-17)27-3/h5-8,13-14,16H,9-12,15H2,1-4H3/p+2. The lowest BCUT2D eigenvalue weighted by atomic mass is 10.1. The van der Waals surface area contributed by atoms with Gasteiger partial charge in [-0.2, -0.15) is 0 Å². The summed E-state index contributed by atoms with van der Waals surface area (Å²) < 4.78 is 16.4. The molecular weight excluding hydrogens is 376 g/mol. The molecule has 3 rings (SSSR count). The third kappa shape index (κ3) is 4.72. The van der Waals surface area contributed by atoms with E-state index < -0.39 is 0 Å². The molecule has 0 aromatic heterocycles. The zero-order valence-electron chi connectivity index (χ0n) is 17.2. The van der Waals surface area contributed by atoms with Gasteiger partial charge in [0, 0.05) is 23.6 Å². The van der Waals surface area contributed by atoms with Crippen LogP contribution in [0.15, 0.2) is 36.4 Å². The Morgan fingerprint density at radius 2 is 1.61 bits per heavy atom. The minimum absolute atomic E-state index is 0.574. The Labute approximate surface area is 172 Å². The van der Waals surface area contributed by atoms with Crippen LogP contribution < -0.4 is 24.0 Å². The molecule has 0 amide bonds. The number of quaternary nitrogens is 2. The quantitative estimate of drug-likeness (QED) is 0.730. The molecule has 2 N–H and O–H groups in total. The first-order valence-electron chi connectivity index (χ1n) is 9.79.